The van der Waals surface area contributed by atoms with Crippen molar-refractivity contribution in [2.75, 3.05) is 13.7 Å². The number of carbonyl (C=O) groups is 1. The maximum Gasteiger partial charge on any atom is 0.345 e. The van der Waals surface area contributed by atoms with Crippen molar-refractivity contribution in [2.24, 2.45) is 5.92 Å². The smallest absolute Gasteiger partial charge is 0.345 e. The highest BCUT2D eigenvalue weighted by Gasteiger charge is 2.47. The molecule has 0 saturated heterocycles. The molecule has 0 aromatic heterocycles. The van der Waals surface area contributed by atoms with E-state index in [0.717, 1.165) is 11.3 Å². The molecule has 1 rings (SSSR count). The van der Waals surface area contributed by atoms with E-state index in [0.29, 0.717) is 13.2 Å². The van der Waals surface area contributed by atoms with E-state index in [-0.39, 0.29) is 23.5 Å². The minimum absolute atomic E-state index is 0.0156. The Morgan fingerprint density at radius 2 is 1.41 bits per heavy atom. The molecular formula is C31H57O8PSi. The van der Waals surface area contributed by atoms with Crippen molar-refractivity contribution in [1.82, 2.24) is 0 Å². The Morgan fingerprint density at radius 1 is 0.902 bits per heavy atom. The molecule has 1 aromatic rings. The molecule has 0 saturated carbocycles. The van der Waals surface area contributed by atoms with Crippen molar-refractivity contribution in [3.8, 4) is 5.75 Å². The predicted molar refractivity (Wildman–Crippen MR) is 168 cm³/mol. The fourth-order valence-corrected chi connectivity index (χ4v) is 7.23. The van der Waals surface area contributed by atoms with E-state index in [1.807, 2.05) is 31.2 Å². The van der Waals surface area contributed by atoms with E-state index in [1.165, 1.54) is 0 Å². The Kier molecular flexibility index (Phi) is 14.3. The average Bonchev–Trinajstić information content (AvgIpc) is 2.79. The topological polar surface area (TPSA) is 89.5 Å². The fraction of sp³-hybridized carbons (Fsp3) is 0.774. The molecule has 8 nitrogen and oxygen atoms in total. The van der Waals surface area contributed by atoms with E-state index >= 15 is 0 Å². The molecule has 0 aliphatic heterocycles. The number of benzene rings is 1. The summed E-state index contributed by atoms with van der Waals surface area (Å²) in [7, 11) is -4.39. The molecule has 10 heteroatoms. The second-order valence-electron chi connectivity index (χ2n) is 13.9. The summed E-state index contributed by atoms with van der Waals surface area (Å²) >= 11 is 0. The highest BCUT2D eigenvalue weighted by molar-refractivity contribution is 7.55. The quantitative estimate of drug-likeness (QED) is 0.104. The Morgan fingerprint density at radius 3 is 1.83 bits per heavy atom. The summed E-state index contributed by atoms with van der Waals surface area (Å²) in [5.41, 5.74) is -0.910. The molecule has 3 atom stereocenters. The van der Waals surface area contributed by atoms with Crippen molar-refractivity contribution in [1.29, 1.82) is 0 Å². The summed E-state index contributed by atoms with van der Waals surface area (Å²) in [4.78, 5) is 13.6. The van der Waals surface area contributed by atoms with Crippen molar-refractivity contribution in [3.63, 3.8) is 0 Å². The molecule has 0 fully saturated rings. The Hall–Kier alpha value is -1.22. The first kappa shape index (κ1) is 37.8. The lowest BCUT2D eigenvalue weighted by Crippen LogP contribution is -2.44. The van der Waals surface area contributed by atoms with Gasteiger partial charge in [-0.1, -0.05) is 39.8 Å². The summed E-state index contributed by atoms with van der Waals surface area (Å²) in [6.07, 6.45) is -1.03. The number of ether oxygens (including phenoxy) is 3. The normalized spacial score (nSPS) is 15.6. The largest absolute Gasteiger partial charge is 0.497 e. The third-order valence-corrected chi connectivity index (χ3v) is 14.2. The molecule has 238 valence electrons. The zero-order chi connectivity index (χ0) is 31.8. The molecule has 1 aromatic carbocycles. The van der Waals surface area contributed by atoms with Crippen LogP contribution >= 0.6 is 7.60 Å². The van der Waals surface area contributed by atoms with Gasteiger partial charge in [-0.15, -0.1) is 0 Å². The van der Waals surface area contributed by atoms with E-state index in [1.54, 1.807) is 55.6 Å². The number of hydrogen-bond acceptors (Lipinski definition) is 8. The molecule has 41 heavy (non-hydrogen) atoms. The minimum atomic E-state index is -3.92. The van der Waals surface area contributed by atoms with Crippen LogP contribution in [0.3, 0.4) is 0 Å². The van der Waals surface area contributed by atoms with Gasteiger partial charge >= 0.3 is 13.6 Å². The lowest BCUT2D eigenvalue weighted by Gasteiger charge is -2.38. The van der Waals surface area contributed by atoms with Crippen LogP contribution in [-0.4, -0.2) is 57.6 Å². The van der Waals surface area contributed by atoms with Crippen molar-refractivity contribution in [3.05, 3.63) is 29.8 Å². The summed E-state index contributed by atoms with van der Waals surface area (Å²) in [6, 6.07) is 7.70. The van der Waals surface area contributed by atoms with E-state index in [2.05, 4.69) is 33.9 Å². The van der Waals surface area contributed by atoms with Crippen LogP contribution < -0.4 is 4.74 Å². The standard InChI is InChI=1S/C31H57O8PSi/c1-22(2)38-40(33,39-23(3)4)28(29(32)37-30(6,7)8)19-24(5)27(21-36-41(13,14)31(9,10)11)35-20-25-15-17-26(34-12)18-16-25/h15-18,22-24,27-28H,19-21H2,1-14H3/t24-,27-,28-/m1/s1. The first-order valence-corrected chi connectivity index (χ1v) is 19.2. The Labute approximate surface area is 250 Å². The lowest BCUT2D eigenvalue weighted by atomic mass is 9.98. The Bertz CT molecular complexity index is 965. The molecule has 0 heterocycles. The molecule has 0 aliphatic rings. The van der Waals surface area contributed by atoms with Gasteiger partial charge in [0.05, 0.1) is 38.6 Å². The first-order valence-electron chi connectivity index (χ1n) is 14.7. The van der Waals surface area contributed by atoms with Gasteiger partial charge in [-0.2, -0.15) is 0 Å². The van der Waals surface area contributed by atoms with Gasteiger partial charge in [0.15, 0.2) is 14.0 Å². The molecule has 0 unspecified atom stereocenters. The van der Waals surface area contributed by atoms with Gasteiger partial charge < -0.3 is 27.7 Å². The monoisotopic (exact) mass is 616 g/mol. The fourth-order valence-electron chi connectivity index (χ4n) is 3.80. The minimum Gasteiger partial charge on any atom is -0.497 e. The van der Waals surface area contributed by atoms with Crippen LogP contribution in [-0.2, 0) is 38.9 Å². The molecule has 0 N–H and O–H groups in total. The van der Waals surface area contributed by atoms with Crippen LogP contribution in [0.1, 0.15) is 88.1 Å². The highest BCUT2D eigenvalue weighted by Crippen LogP contribution is 2.57. The third kappa shape index (κ3) is 12.9. The highest BCUT2D eigenvalue weighted by atomic mass is 31.2. The maximum atomic E-state index is 14.3. The van der Waals surface area contributed by atoms with E-state index in [9.17, 15) is 9.36 Å². The molecule has 0 amide bonds. The van der Waals surface area contributed by atoms with Gasteiger partial charge in [-0.3, -0.25) is 9.36 Å². The maximum absolute atomic E-state index is 14.3. The van der Waals surface area contributed by atoms with Gasteiger partial charge in [0.1, 0.15) is 11.4 Å². The van der Waals surface area contributed by atoms with Crippen LogP contribution in [0, 0.1) is 5.92 Å². The van der Waals surface area contributed by atoms with Gasteiger partial charge in [-0.05, 0) is 96.6 Å². The second-order valence-corrected chi connectivity index (χ2v) is 20.8. The summed E-state index contributed by atoms with van der Waals surface area (Å²) < 4.78 is 50.1. The Balaban J connectivity index is 3.39. The van der Waals surface area contributed by atoms with Crippen LogP contribution in [0.5, 0.6) is 5.75 Å². The number of rotatable bonds is 16. The third-order valence-electron chi connectivity index (χ3n) is 7.04. The van der Waals surface area contributed by atoms with Gasteiger partial charge in [-0.25, -0.2) is 0 Å². The molecule has 0 spiro atoms. The SMILES string of the molecule is COc1ccc(CO[C@H](CO[Si](C)(C)C(C)(C)C)[C@H](C)C[C@H](C(=O)OC(C)(C)C)P(=O)(OC(C)C)OC(C)C)cc1. The molecular weight excluding hydrogens is 559 g/mol. The van der Waals surface area contributed by atoms with Gasteiger partial charge in [0.2, 0.25) is 0 Å². The van der Waals surface area contributed by atoms with Crippen LogP contribution in [0.4, 0.5) is 0 Å². The van der Waals surface area contributed by atoms with Crippen molar-refractivity contribution < 1.29 is 37.0 Å². The number of methoxy groups -OCH3 is 1. The zero-order valence-corrected chi connectivity index (χ0v) is 29.9. The summed E-state index contributed by atoms with van der Waals surface area (Å²) in [6.45, 7) is 26.1. The van der Waals surface area contributed by atoms with Gasteiger partial charge in [0, 0.05) is 0 Å². The van der Waals surface area contributed by atoms with Crippen LogP contribution in [0.15, 0.2) is 24.3 Å². The van der Waals surface area contributed by atoms with Crippen LogP contribution in [0.2, 0.25) is 18.1 Å². The number of esters is 1. The average molecular weight is 617 g/mol. The molecule has 0 aliphatic carbocycles. The predicted octanol–water partition coefficient (Wildman–Crippen LogP) is 8.38. The zero-order valence-electron chi connectivity index (χ0n) is 28.0. The van der Waals surface area contributed by atoms with Gasteiger partial charge in [0.25, 0.3) is 0 Å². The molecule has 0 radical (unpaired) electrons. The first-order chi connectivity index (χ1) is 18.6. The summed E-state index contributed by atoms with van der Waals surface area (Å²) in [5, 5.41) is 0.0156. The van der Waals surface area contributed by atoms with E-state index < -0.39 is 45.4 Å². The van der Waals surface area contributed by atoms with Crippen LogP contribution in [0.25, 0.3) is 0 Å². The van der Waals surface area contributed by atoms with Crippen molar-refractivity contribution in [2.45, 2.75) is 137 Å². The number of carbonyl (C=O) groups excluding carboxylic acids is 1. The van der Waals surface area contributed by atoms with Crippen molar-refractivity contribution >= 4 is 21.9 Å². The summed E-state index contributed by atoms with van der Waals surface area (Å²) in [5.74, 6) is -0.0743. The van der Waals surface area contributed by atoms with E-state index in [4.69, 9.17) is 27.7 Å². The lowest BCUT2D eigenvalue weighted by molar-refractivity contribution is -0.155. The second kappa shape index (κ2) is 15.5. The molecule has 0 bridgehead atoms. The number of hydrogen-bond donors (Lipinski definition) is 0.